The molecule has 0 aromatic heterocycles. The van der Waals surface area contributed by atoms with Crippen molar-refractivity contribution in [3.63, 3.8) is 0 Å². The van der Waals surface area contributed by atoms with Crippen molar-refractivity contribution in [1.82, 2.24) is 5.32 Å². The van der Waals surface area contributed by atoms with E-state index in [9.17, 15) is 4.79 Å². The maximum Gasteiger partial charge on any atom is 0.321 e. The molecule has 0 aliphatic rings. The molecule has 0 aromatic rings. The number of carbonyl (C=O) groups is 1. The molecule has 0 amide bonds. The maximum atomic E-state index is 10.8. The first-order valence-electron chi connectivity index (χ1n) is 5.15. The van der Waals surface area contributed by atoms with Crippen molar-refractivity contribution in [3.8, 4) is 0 Å². The highest BCUT2D eigenvalue weighted by atomic mass is 32.2. The van der Waals surface area contributed by atoms with Crippen LogP contribution in [0.15, 0.2) is 0 Å². The molecule has 3 nitrogen and oxygen atoms in total. The van der Waals surface area contributed by atoms with Gasteiger partial charge in [0.1, 0.15) is 6.04 Å². The van der Waals surface area contributed by atoms with Crippen LogP contribution in [-0.2, 0) is 4.79 Å². The van der Waals surface area contributed by atoms with Crippen LogP contribution < -0.4 is 5.32 Å². The normalized spacial score (nSPS) is 15.1. The molecule has 0 heterocycles. The standard InChI is InChI=1S/C10H21NO2S/c1-4-8(3)6-14-7-9(10(12)13)11-5-2/h8-9,11H,4-7H2,1-3H3,(H,12,13). The van der Waals surface area contributed by atoms with Gasteiger partial charge >= 0.3 is 5.97 Å². The lowest BCUT2D eigenvalue weighted by molar-refractivity contribution is -0.138. The number of aliphatic carboxylic acids is 1. The van der Waals surface area contributed by atoms with Crippen molar-refractivity contribution in [2.75, 3.05) is 18.1 Å². The van der Waals surface area contributed by atoms with Gasteiger partial charge in [-0.3, -0.25) is 4.79 Å². The minimum Gasteiger partial charge on any atom is -0.480 e. The zero-order valence-electron chi connectivity index (χ0n) is 9.25. The van der Waals surface area contributed by atoms with Crippen LogP contribution in [0.2, 0.25) is 0 Å². The molecule has 4 heteroatoms. The second-order valence-electron chi connectivity index (χ2n) is 3.50. The van der Waals surface area contributed by atoms with E-state index in [1.807, 2.05) is 6.92 Å². The van der Waals surface area contributed by atoms with Gasteiger partial charge in [0.25, 0.3) is 0 Å². The number of carboxylic acid groups (broad SMARTS) is 1. The number of likely N-dealkylation sites (N-methyl/N-ethyl adjacent to an activating group) is 1. The Morgan fingerprint density at radius 3 is 2.50 bits per heavy atom. The molecule has 14 heavy (non-hydrogen) atoms. The van der Waals surface area contributed by atoms with Crippen LogP contribution in [0, 0.1) is 5.92 Å². The lowest BCUT2D eigenvalue weighted by Gasteiger charge is -2.14. The smallest absolute Gasteiger partial charge is 0.321 e. The monoisotopic (exact) mass is 219 g/mol. The minimum atomic E-state index is -0.747. The summed E-state index contributed by atoms with van der Waals surface area (Å²) >= 11 is 1.72. The van der Waals surface area contributed by atoms with Crippen LogP contribution in [0.4, 0.5) is 0 Å². The number of hydrogen-bond donors (Lipinski definition) is 2. The van der Waals surface area contributed by atoms with Gasteiger partial charge in [-0.25, -0.2) is 0 Å². The molecule has 0 radical (unpaired) electrons. The van der Waals surface area contributed by atoms with Crippen molar-refractivity contribution in [3.05, 3.63) is 0 Å². The van der Waals surface area contributed by atoms with Crippen LogP contribution in [0.5, 0.6) is 0 Å². The first-order valence-corrected chi connectivity index (χ1v) is 6.31. The molecule has 0 aromatic carbocycles. The van der Waals surface area contributed by atoms with Crippen LogP contribution in [0.25, 0.3) is 0 Å². The molecular formula is C10H21NO2S. The van der Waals surface area contributed by atoms with Crippen LogP contribution >= 0.6 is 11.8 Å². The predicted molar refractivity (Wildman–Crippen MR) is 61.9 cm³/mol. The van der Waals surface area contributed by atoms with E-state index in [0.29, 0.717) is 18.2 Å². The average Bonchev–Trinajstić information content (AvgIpc) is 2.16. The predicted octanol–water partition coefficient (Wildman–Crippen LogP) is 1.83. The van der Waals surface area contributed by atoms with Crippen molar-refractivity contribution in [1.29, 1.82) is 0 Å². The van der Waals surface area contributed by atoms with E-state index in [4.69, 9.17) is 5.11 Å². The van der Waals surface area contributed by atoms with Crippen molar-refractivity contribution in [2.45, 2.75) is 33.2 Å². The van der Waals surface area contributed by atoms with Gasteiger partial charge in [-0.1, -0.05) is 27.2 Å². The summed E-state index contributed by atoms with van der Waals surface area (Å²) in [6, 6.07) is -0.394. The van der Waals surface area contributed by atoms with Crippen LogP contribution in [0.3, 0.4) is 0 Å². The van der Waals surface area contributed by atoms with E-state index in [-0.39, 0.29) is 0 Å². The summed E-state index contributed by atoms with van der Waals surface area (Å²) in [5.74, 6) is 1.64. The van der Waals surface area contributed by atoms with E-state index in [0.717, 1.165) is 12.2 Å². The summed E-state index contributed by atoms with van der Waals surface area (Å²) in [5, 5.41) is 11.8. The Labute approximate surface area is 90.7 Å². The van der Waals surface area contributed by atoms with Gasteiger partial charge in [0, 0.05) is 5.75 Å². The Balaban J connectivity index is 3.66. The molecule has 0 saturated carbocycles. The fraction of sp³-hybridized carbons (Fsp3) is 0.900. The maximum absolute atomic E-state index is 10.8. The van der Waals surface area contributed by atoms with Gasteiger partial charge in [-0.2, -0.15) is 11.8 Å². The lowest BCUT2D eigenvalue weighted by atomic mass is 10.2. The van der Waals surface area contributed by atoms with Gasteiger partial charge in [0.05, 0.1) is 0 Å². The summed E-state index contributed by atoms with van der Waals surface area (Å²) in [6.07, 6.45) is 1.16. The Morgan fingerprint density at radius 1 is 1.43 bits per heavy atom. The molecular weight excluding hydrogens is 198 g/mol. The molecule has 0 bridgehead atoms. The Hall–Kier alpha value is -0.220. The lowest BCUT2D eigenvalue weighted by Crippen LogP contribution is -2.38. The zero-order chi connectivity index (χ0) is 11.0. The van der Waals surface area contributed by atoms with E-state index in [1.165, 1.54) is 0 Å². The first-order chi connectivity index (χ1) is 6.61. The van der Waals surface area contributed by atoms with E-state index in [2.05, 4.69) is 19.2 Å². The Bertz CT molecular complexity index is 164. The summed E-state index contributed by atoms with van der Waals surface area (Å²) < 4.78 is 0. The molecule has 0 spiro atoms. The van der Waals surface area contributed by atoms with Gasteiger partial charge in [0.2, 0.25) is 0 Å². The van der Waals surface area contributed by atoms with E-state index < -0.39 is 12.0 Å². The summed E-state index contributed by atoms with van der Waals surface area (Å²) in [5.41, 5.74) is 0. The molecule has 2 unspecified atom stereocenters. The molecule has 0 saturated heterocycles. The van der Waals surface area contributed by atoms with Crippen LogP contribution in [-0.4, -0.2) is 35.2 Å². The highest BCUT2D eigenvalue weighted by Crippen LogP contribution is 2.12. The third kappa shape index (κ3) is 6.27. The molecule has 0 rings (SSSR count). The third-order valence-corrected chi connectivity index (χ3v) is 3.51. The average molecular weight is 219 g/mol. The number of hydrogen-bond acceptors (Lipinski definition) is 3. The summed E-state index contributed by atoms with van der Waals surface area (Å²) in [7, 11) is 0. The third-order valence-electron chi connectivity index (χ3n) is 2.13. The van der Waals surface area contributed by atoms with Crippen molar-refractivity contribution >= 4 is 17.7 Å². The highest BCUT2D eigenvalue weighted by molar-refractivity contribution is 7.99. The second-order valence-corrected chi connectivity index (χ2v) is 4.57. The molecule has 84 valence electrons. The summed E-state index contributed by atoms with van der Waals surface area (Å²) in [4.78, 5) is 10.8. The first kappa shape index (κ1) is 13.8. The van der Waals surface area contributed by atoms with Gasteiger partial charge in [-0.05, 0) is 18.2 Å². The quantitative estimate of drug-likeness (QED) is 0.654. The molecule has 2 atom stereocenters. The largest absolute Gasteiger partial charge is 0.480 e. The second kappa shape index (κ2) is 8.12. The SMILES string of the molecule is CCNC(CSCC(C)CC)C(=O)O. The number of thioether (sulfide) groups is 1. The van der Waals surface area contributed by atoms with Crippen molar-refractivity contribution in [2.24, 2.45) is 5.92 Å². The topological polar surface area (TPSA) is 49.3 Å². The fourth-order valence-electron chi connectivity index (χ4n) is 0.969. The molecule has 0 aliphatic heterocycles. The highest BCUT2D eigenvalue weighted by Gasteiger charge is 2.15. The molecule has 2 N–H and O–H groups in total. The number of rotatable bonds is 8. The zero-order valence-corrected chi connectivity index (χ0v) is 10.1. The van der Waals surface area contributed by atoms with Crippen molar-refractivity contribution < 1.29 is 9.90 Å². The Kier molecular flexibility index (Phi) is 7.99. The van der Waals surface area contributed by atoms with Gasteiger partial charge in [0.15, 0.2) is 0 Å². The molecule has 0 aliphatic carbocycles. The van der Waals surface area contributed by atoms with Gasteiger partial charge in [-0.15, -0.1) is 0 Å². The number of nitrogens with one attached hydrogen (secondary N) is 1. The minimum absolute atomic E-state index is 0.394. The van der Waals surface area contributed by atoms with Crippen LogP contribution in [0.1, 0.15) is 27.2 Å². The summed E-state index contributed by atoms with van der Waals surface area (Å²) in [6.45, 7) is 6.98. The van der Waals surface area contributed by atoms with E-state index in [1.54, 1.807) is 11.8 Å². The molecule has 0 fully saturated rings. The fourth-order valence-corrected chi connectivity index (χ4v) is 2.24. The van der Waals surface area contributed by atoms with Gasteiger partial charge < -0.3 is 10.4 Å². The number of carboxylic acids is 1. The van der Waals surface area contributed by atoms with E-state index >= 15 is 0 Å². The Morgan fingerprint density at radius 2 is 2.07 bits per heavy atom.